The van der Waals surface area contributed by atoms with Crippen molar-refractivity contribution in [2.75, 3.05) is 13.1 Å². The Morgan fingerprint density at radius 3 is 2.71 bits per heavy atom. The summed E-state index contributed by atoms with van der Waals surface area (Å²) in [6.07, 6.45) is 1.09. The molecular weight excluding hydrogens is 214 g/mol. The molecule has 0 saturated carbocycles. The van der Waals surface area contributed by atoms with Crippen LogP contribution in [0.25, 0.3) is 0 Å². The first-order valence-electron chi connectivity index (χ1n) is 6.21. The predicted octanol–water partition coefficient (Wildman–Crippen LogP) is 1.98. The lowest BCUT2D eigenvalue weighted by atomic mass is 10.1. The molecule has 0 aromatic heterocycles. The molecule has 1 fully saturated rings. The third kappa shape index (κ3) is 2.86. The van der Waals surface area contributed by atoms with Crippen molar-refractivity contribution in [3.05, 3.63) is 35.9 Å². The SMILES string of the molecule is CCC1CC(=O)N(CC(O)c2ccccc2)C1. The lowest BCUT2D eigenvalue weighted by Crippen LogP contribution is -2.30. The van der Waals surface area contributed by atoms with Gasteiger partial charge in [0.15, 0.2) is 0 Å². The highest BCUT2D eigenvalue weighted by atomic mass is 16.3. The van der Waals surface area contributed by atoms with Crippen molar-refractivity contribution in [3.63, 3.8) is 0 Å². The van der Waals surface area contributed by atoms with Crippen LogP contribution < -0.4 is 0 Å². The summed E-state index contributed by atoms with van der Waals surface area (Å²) in [5.41, 5.74) is 0.875. The molecule has 3 heteroatoms. The molecule has 2 rings (SSSR count). The highest BCUT2D eigenvalue weighted by molar-refractivity contribution is 5.78. The lowest BCUT2D eigenvalue weighted by Gasteiger charge is -2.20. The molecule has 2 atom stereocenters. The van der Waals surface area contributed by atoms with Crippen LogP contribution in [0.3, 0.4) is 0 Å². The molecule has 1 aromatic carbocycles. The van der Waals surface area contributed by atoms with Crippen LogP contribution in [0.15, 0.2) is 30.3 Å². The maximum atomic E-state index is 11.7. The summed E-state index contributed by atoms with van der Waals surface area (Å²) in [6, 6.07) is 9.51. The van der Waals surface area contributed by atoms with Gasteiger partial charge in [0.1, 0.15) is 0 Å². The van der Waals surface area contributed by atoms with Crippen molar-refractivity contribution in [2.45, 2.75) is 25.9 Å². The zero-order chi connectivity index (χ0) is 12.3. The fourth-order valence-electron chi connectivity index (χ4n) is 2.29. The number of carbonyl (C=O) groups is 1. The summed E-state index contributed by atoms with van der Waals surface area (Å²) in [6.45, 7) is 3.31. The zero-order valence-electron chi connectivity index (χ0n) is 10.2. The number of aliphatic hydroxyl groups excluding tert-OH is 1. The molecule has 0 aliphatic carbocycles. The van der Waals surface area contributed by atoms with Gasteiger partial charge in [0.05, 0.1) is 12.6 Å². The molecule has 0 bridgehead atoms. The number of benzene rings is 1. The first kappa shape index (κ1) is 12.1. The predicted molar refractivity (Wildman–Crippen MR) is 66.4 cm³/mol. The summed E-state index contributed by atoms with van der Waals surface area (Å²) in [5, 5.41) is 10.1. The average Bonchev–Trinajstić information content (AvgIpc) is 2.71. The molecular formula is C14H19NO2. The van der Waals surface area contributed by atoms with Crippen molar-refractivity contribution in [2.24, 2.45) is 5.92 Å². The smallest absolute Gasteiger partial charge is 0.223 e. The van der Waals surface area contributed by atoms with Crippen LogP contribution in [0.4, 0.5) is 0 Å². The van der Waals surface area contributed by atoms with Gasteiger partial charge in [0.2, 0.25) is 5.91 Å². The molecule has 92 valence electrons. The number of aliphatic hydroxyl groups is 1. The third-order valence-corrected chi connectivity index (χ3v) is 3.45. The molecule has 1 amide bonds. The minimum atomic E-state index is -0.573. The van der Waals surface area contributed by atoms with Crippen LogP contribution in [-0.2, 0) is 4.79 Å². The second kappa shape index (κ2) is 5.32. The Morgan fingerprint density at radius 1 is 1.41 bits per heavy atom. The van der Waals surface area contributed by atoms with Crippen molar-refractivity contribution in [3.8, 4) is 0 Å². The minimum absolute atomic E-state index is 0.173. The van der Waals surface area contributed by atoms with Gasteiger partial charge in [-0.05, 0) is 11.5 Å². The second-order valence-corrected chi connectivity index (χ2v) is 4.70. The van der Waals surface area contributed by atoms with Gasteiger partial charge in [-0.2, -0.15) is 0 Å². The number of amides is 1. The van der Waals surface area contributed by atoms with Gasteiger partial charge in [-0.25, -0.2) is 0 Å². The van der Waals surface area contributed by atoms with Crippen molar-refractivity contribution < 1.29 is 9.90 Å². The van der Waals surface area contributed by atoms with E-state index in [1.807, 2.05) is 30.3 Å². The maximum absolute atomic E-state index is 11.7. The summed E-state index contributed by atoms with van der Waals surface area (Å²) < 4.78 is 0. The highest BCUT2D eigenvalue weighted by Crippen LogP contribution is 2.23. The number of hydrogen-bond donors (Lipinski definition) is 1. The normalized spacial score (nSPS) is 21.9. The fourth-order valence-corrected chi connectivity index (χ4v) is 2.29. The van der Waals surface area contributed by atoms with E-state index in [9.17, 15) is 9.90 Å². The number of rotatable bonds is 4. The van der Waals surface area contributed by atoms with Gasteiger partial charge >= 0.3 is 0 Å². The first-order valence-corrected chi connectivity index (χ1v) is 6.21. The Kier molecular flexibility index (Phi) is 3.79. The number of likely N-dealkylation sites (tertiary alicyclic amines) is 1. The van der Waals surface area contributed by atoms with Gasteiger partial charge in [-0.1, -0.05) is 43.7 Å². The molecule has 3 nitrogen and oxygen atoms in total. The molecule has 1 aliphatic rings. The Hall–Kier alpha value is -1.35. The van der Waals surface area contributed by atoms with E-state index in [0.717, 1.165) is 18.5 Å². The quantitative estimate of drug-likeness (QED) is 0.864. The monoisotopic (exact) mass is 233 g/mol. The van der Waals surface area contributed by atoms with Gasteiger partial charge in [-0.3, -0.25) is 4.79 Å². The van der Waals surface area contributed by atoms with Crippen molar-refractivity contribution in [1.82, 2.24) is 4.90 Å². The van der Waals surface area contributed by atoms with Gasteiger partial charge < -0.3 is 10.0 Å². The number of β-amino-alcohol motifs (C(OH)–C–C–N with tert-alkyl or cyclic N) is 1. The maximum Gasteiger partial charge on any atom is 0.223 e. The third-order valence-electron chi connectivity index (χ3n) is 3.45. The van der Waals surface area contributed by atoms with Crippen LogP contribution in [0.1, 0.15) is 31.4 Å². The zero-order valence-corrected chi connectivity index (χ0v) is 10.2. The van der Waals surface area contributed by atoms with Crippen LogP contribution in [0.5, 0.6) is 0 Å². The summed E-state index contributed by atoms with van der Waals surface area (Å²) >= 11 is 0. The van der Waals surface area contributed by atoms with E-state index in [2.05, 4.69) is 6.92 Å². The average molecular weight is 233 g/mol. The van der Waals surface area contributed by atoms with Crippen LogP contribution in [0, 0.1) is 5.92 Å². The number of nitrogens with zero attached hydrogens (tertiary/aromatic N) is 1. The Balaban J connectivity index is 1.95. The van der Waals surface area contributed by atoms with E-state index < -0.39 is 6.10 Å². The van der Waals surface area contributed by atoms with E-state index >= 15 is 0 Å². The number of hydrogen-bond acceptors (Lipinski definition) is 2. The number of carbonyl (C=O) groups excluding carboxylic acids is 1. The van der Waals surface area contributed by atoms with E-state index in [1.165, 1.54) is 0 Å². The van der Waals surface area contributed by atoms with Crippen molar-refractivity contribution >= 4 is 5.91 Å². The molecule has 1 saturated heterocycles. The van der Waals surface area contributed by atoms with Crippen molar-refractivity contribution in [1.29, 1.82) is 0 Å². The molecule has 1 heterocycles. The van der Waals surface area contributed by atoms with Gasteiger partial charge in [0, 0.05) is 13.0 Å². The molecule has 1 aromatic rings. The summed E-state index contributed by atoms with van der Waals surface area (Å²) in [7, 11) is 0. The van der Waals surface area contributed by atoms with Gasteiger partial charge in [-0.15, -0.1) is 0 Å². The molecule has 17 heavy (non-hydrogen) atoms. The Morgan fingerprint density at radius 2 is 2.12 bits per heavy atom. The van der Waals surface area contributed by atoms with E-state index in [4.69, 9.17) is 0 Å². The molecule has 1 aliphatic heterocycles. The van der Waals surface area contributed by atoms with E-state index in [1.54, 1.807) is 4.90 Å². The first-order chi connectivity index (χ1) is 8.20. The largest absolute Gasteiger partial charge is 0.387 e. The topological polar surface area (TPSA) is 40.5 Å². The van der Waals surface area contributed by atoms with Crippen LogP contribution >= 0.6 is 0 Å². The fraction of sp³-hybridized carbons (Fsp3) is 0.500. The standard InChI is InChI=1S/C14H19NO2/c1-2-11-8-14(17)15(9-11)10-13(16)12-6-4-3-5-7-12/h3-7,11,13,16H,2,8-10H2,1H3. The summed E-state index contributed by atoms with van der Waals surface area (Å²) in [5.74, 6) is 0.636. The Labute approximate surface area is 102 Å². The molecule has 0 radical (unpaired) electrons. The summed E-state index contributed by atoms with van der Waals surface area (Å²) in [4.78, 5) is 13.5. The van der Waals surface area contributed by atoms with Gasteiger partial charge in [0.25, 0.3) is 0 Å². The lowest BCUT2D eigenvalue weighted by molar-refractivity contribution is -0.129. The minimum Gasteiger partial charge on any atom is -0.387 e. The highest BCUT2D eigenvalue weighted by Gasteiger charge is 2.29. The van der Waals surface area contributed by atoms with Crippen LogP contribution in [0.2, 0.25) is 0 Å². The van der Waals surface area contributed by atoms with E-state index in [0.29, 0.717) is 18.9 Å². The van der Waals surface area contributed by atoms with Crippen LogP contribution in [-0.4, -0.2) is 29.0 Å². The molecule has 0 spiro atoms. The molecule has 2 unspecified atom stereocenters. The van der Waals surface area contributed by atoms with E-state index in [-0.39, 0.29) is 5.91 Å². The second-order valence-electron chi connectivity index (χ2n) is 4.70. The molecule has 1 N–H and O–H groups in total. The Bertz CT molecular complexity index is 377.